The van der Waals surface area contributed by atoms with Crippen LogP contribution in [0.5, 0.6) is 5.75 Å². The summed E-state index contributed by atoms with van der Waals surface area (Å²) >= 11 is 0. The summed E-state index contributed by atoms with van der Waals surface area (Å²) in [6.07, 6.45) is 0.941. The Balaban J connectivity index is 2.13. The molecule has 0 amide bonds. The van der Waals surface area contributed by atoms with Crippen LogP contribution >= 0.6 is 0 Å². The molecule has 0 spiro atoms. The van der Waals surface area contributed by atoms with Crippen LogP contribution in [-0.2, 0) is 4.74 Å². The predicted molar refractivity (Wildman–Crippen MR) is 59.1 cm³/mol. The lowest BCUT2D eigenvalue weighted by molar-refractivity contribution is 0.0691. The van der Waals surface area contributed by atoms with Crippen LogP contribution in [-0.4, -0.2) is 26.4 Å². The summed E-state index contributed by atoms with van der Waals surface area (Å²) in [5.41, 5.74) is 7.31. The van der Waals surface area contributed by atoms with Crippen molar-refractivity contribution in [3.8, 4) is 5.75 Å². The summed E-state index contributed by atoms with van der Waals surface area (Å²) in [5.74, 6) is 1.20. The summed E-state index contributed by atoms with van der Waals surface area (Å²) in [6, 6.07) is 8.29. The zero-order valence-corrected chi connectivity index (χ0v) is 8.98. The molecule has 1 saturated heterocycles. The van der Waals surface area contributed by atoms with Crippen LogP contribution in [0.15, 0.2) is 24.3 Å². The number of methoxy groups -OCH3 is 1. The van der Waals surface area contributed by atoms with Gasteiger partial charge in [-0.1, -0.05) is 12.1 Å². The molecule has 2 atom stereocenters. The number of benzene rings is 1. The molecule has 2 rings (SSSR count). The zero-order valence-electron chi connectivity index (χ0n) is 8.98. The first-order chi connectivity index (χ1) is 7.31. The van der Waals surface area contributed by atoms with E-state index in [2.05, 4.69) is 12.1 Å². The Morgan fingerprint density at radius 2 is 2.07 bits per heavy atom. The molecular weight excluding hydrogens is 190 g/mol. The maximum absolute atomic E-state index is 6.07. The Kier molecular flexibility index (Phi) is 3.23. The first-order valence-electron chi connectivity index (χ1n) is 5.28. The molecule has 1 heterocycles. The van der Waals surface area contributed by atoms with E-state index in [4.69, 9.17) is 15.2 Å². The van der Waals surface area contributed by atoms with Gasteiger partial charge in [-0.2, -0.15) is 0 Å². The van der Waals surface area contributed by atoms with Gasteiger partial charge in [0.05, 0.1) is 13.7 Å². The van der Waals surface area contributed by atoms with Gasteiger partial charge in [-0.15, -0.1) is 0 Å². The molecule has 0 bridgehead atoms. The van der Waals surface area contributed by atoms with E-state index in [1.807, 2.05) is 12.1 Å². The van der Waals surface area contributed by atoms with Crippen molar-refractivity contribution in [2.45, 2.75) is 18.4 Å². The van der Waals surface area contributed by atoms with E-state index in [1.54, 1.807) is 7.11 Å². The monoisotopic (exact) mass is 207 g/mol. The molecule has 0 radical (unpaired) electrons. The standard InChI is InChI=1S/C12H17NO2/c1-14-10-4-2-9(3-5-10)11-8-15-7-6-12(11)13/h2-5,11-12H,6-8,13H2,1H3. The van der Waals surface area contributed by atoms with Gasteiger partial charge in [-0.3, -0.25) is 0 Å². The molecule has 2 unspecified atom stereocenters. The fourth-order valence-corrected chi connectivity index (χ4v) is 1.95. The highest BCUT2D eigenvalue weighted by Gasteiger charge is 2.23. The van der Waals surface area contributed by atoms with E-state index in [0.717, 1.165) is 25.4 Å². The predicted octanol–water partition coefficient (Wildman–Crippen LogP) is 1.53. The van der Waals surface area contributed by atoms with Crippen molar-refractivity contribution in [1.29, 1.82) is 0 Å². The fourth-order valence-electron chi connectivity index (χ4n) is 1.95. The van der Waals surface area contributed by atoms with Gasteiger partial charge in [0, 0.05) is 18.6 Å². The highest BCUT2D eigenvalue weighted by Crippen LogP contribution is 2.26. The van der Waals surface area contributed by atoms with Crippen molar-refractivity contribution < 1.29 is 9.47 Å². The Morgan fingerprint density at radius 1 is 1.33 bits per heavy atom. The van der Waals surface area contributed by atoms with Crippen LogP contribution in [0, 0.1) is 0 Å². The zero-order chi connectivity index (χ0) is 10.7. The van der Waals surface area contributed by atoms with Crippen molar-refractivity contribution in [3.63, 3.8) is 0 Å². The van der Waals surface area contributed by atoms with E-state index in [0.29, 0.717) is 5.92 Å². The van der Waals surface area contributed by atoms with E-state index in [1.165, 1.54) is 5.56 Å². The maximum atomic E-state index is 6.07. The van der Waals surface area contributed by atoms with Gasteiger partial charge >= 0.3 is 0 Å². The third-order valence-electron chi connectivity index (χ3n) is 2.95. The van der Waals surface area contributed by atoms with Gasteiger partial charge in [-0.25, -0.2) is 0 Å². The number of hydrogen-bond acceptors (Lipinski definition) is 3. The van der Waals surface area contributed by atoms with Crippen LogP contribution in [0.2, 0.25) is 0 Å². The molecule has 3 heteroatoms. The molecule has 2 N–H and O–H groups in total. The quantitative estimate of drug-likeness (QED) is 0.799. The van der Waals surface area contributed by atoms with Crippen molar-refractivity contribution in [2.24, 2.45) is 5.73 Å². The molecule has 15 heavy (non-hydrogen) atoms. The van der Waals surface area contributed by atoms with Gasteiger partial charge in [0.2, 0.25) is 0 Å². The molecule has 1 aliphatic rings. The third kappa shape index (κ3) is 2.30. The molecule has 0 aromatic heterocycles. The molecule has 1 fully saturated rings. The SMILES string of the molecule is COc1ccc(C2COCCC2N)cc1. The molecule has 1 aromatic carbocycles. The molecule has 82 valence electrons. The smallest absolute Gasteiger partial charge is 0.118 e. The van der Waals surface area contributed by atoms with Gasteiger partial charge in [-0.05, 0) is 24.1 Å². The number of nitrogens with two attached hydrogens (primary N) is 1. The Morgan fingerprint density at radius 3 is 2.67 bits per heavy atom. The fraction of sp³-hybridized carbons (Fsp3) is 0.500. The summed E-state index contributed by atoms with van der Waals surface area (Å²) in [6.45, 7) is 1.52. The lowest BCUT2D eigenvalue weighted by atomic mass is 9.89. The third-order valence-corrected chi connectivity index (χ3v) is 2.95. The van der Waals surface area contributed by atoms with E-state index in [-0.39, 0.29) is 6.04 Å². The number of rotatable bonds is 2. The number of ether oxygens (including phenoxy) is 2. The molecular formula is C12H17NO2. The van der Waals surface area contributed by atoms with Gasteiger partial charge in [0.15, 0.2) is 0 Å². The first kappa shape index (κ1) is 10.5. The van der Waals surface area contributed by atoms with Crippen molar-refractivity contribution in [2.75, 3.05) is 20.3 Å². The van der Waals surface area contributed by atoms with E-state index >= 15 is 0 Å². The van der Waals surface area contributed by atoms with Crippen molar-refractivity contribution in [1.82, 2.24) is 0 Å². The summed E-state index contributed by atoms with van der Waals surface area (Å²) in [5, 5.41) is 0. The van der Waals surface area contributed by atoms with Gasteiger partial charge in [0.25, 0.3) is 0 Å². The lowest BCUT2D eigenvalue weighted by Crippen LogP contribution is -2.36. The second-order valence-electron chi connectivity index (χ2n) is 3.91. The van der Waals surface area contributed by atoms with Crippen LogP contribution in [0.4, 0.5) is 0 Å². The molecule has 0 saturated carbocycles. The van der Waals surface area contributed by atoms with E-state index in [9.17, 15) is 0 Å². The summed E-state index contributed by atoms with van der Waals surface area (Å²) < 4.78 is 10.6. The summed E-state index contributed by atoms with van der Waals surface area (Å²) in [7, 11) is 1.67. The highest BCUT2D eigenvalue weighted by molar-refractivity contribution is 5.30. The normalized spacial score (nSPS) is 26.3. The molecule has 1 aromatic rings. The minimum absolute atomic E-state index is 0.215. The van der Waals surface area contributed by atoms with E-state index < -0.39 is 0 Å². The lowest BCUT2D eigenvalue weighted by Gasteiger charge is -2.29. The maximum Gasteiger partial charge on any atom is 0.118 e. The Labute approximate surface area is 90.2 Å². The van der Waals surface area contributed by atoms with Crippen LogP contribution in [0.25, 0.3) is 0 Å². The minimum Gasteiger partial charge on any atom is -0.497 e. The van der Waals surface area contributed by atoms with Crippen molar-refractivity contribution >= 4 is 0 Å². The van der Waals surface area contributed by atoms with Gasteiger partial charge < -0.3 is 15.2 Å². The summed E-state index contributed by atoms with van der Waals surface area (Å²) in [4.78, 5) is 0. The first-order valence-corrected chi connectivity index (χ1v) is 5.28. The molecule has 1 aliphatic heterocycles. The second-order valence-corrected chi connectivity index (χ2v) is 3.91. The largest absolute Gasteiger partial charge is 0.497 e. The molecule has 0 aliphatic carbocycles. The van der Waals surface area contributed by atoms with Gasteiger partial charge in [0.1, 0.15) is 5.75 Å². The Hall–Kier alpha value is -1.06. The van der Waals surface area contributed by atoms with Crippen LogP contribution in [0.3, 0.4) is 0 Å². The second kappa shape index (κ2) is 4.64. The van der Waals surface area contributed by atoms with Crippen molar-refractivity contribution in [3.05, 3.63) is 29.8 Å². The highest BCUT2D eigenvalue weighted by atomic mass is 16.5. The average Bonchev–Trinajstić information content (AvgIpc) is 2.30. The average molecular weight is 207 g/mol. The topological polar surface area (TPSA) is 44.5 Å². The Bertz CT molecular complexity index is 310. The minimum atomic E-state index is 0.215. The number of hydrogen-bond donors (Lipinski definition) is 1. The van der Waals surface area contributed by atoms with Crippen LogP contribution < -0.4 is 10.5 Å². The molecule has 3 nitrogen and oxygen atoms in total. The van der Waals surface area contributed by atoms with Crippen LogP contribution in [0.1, 0.15) is 17.9 Å².